The van der Waals surface area contributed by atoms with Crippen molar-refractivity contribution in [3.63, 3.8) is 0 Å². The molecule has 1 aliphatic rings. The number of hydrogen-bond donors (Lipinski definition) is 3. The van der Waals surface area contributed by atoms with Gasteiger partial charge in [-0.1, -0.05) is 13.3 Å². The second-order valence-corrected chi connectivity index (χ2v) is 8.00. The minimum atomic E-state index is -0.907. The van der Waals surface area contributed by atoms with Gasteiger partial charge in [-0.15, -0.1) is 0 Å². The molecule has 7 heteroatoms. The van der Waals surface area contributed by atoms with Crippen LogP contribution >= 0.6 is 0 Å². The maximum Gasteiger partial charge on any atom is 0.407 e. The number of ether oxygens (including phenoxy) is 2. The maximum absolute atomic E-state index is 12.2. The lowest BCUT2D eigenvalue weighted by Gasteiger charge is -2.34. The van der Waals surface area contributed by atoms with Crippen LogP contribution in [-0.2, 0) is 14.3 Å². The molecule has 6 atom stereocenters. The van der Waals surface area contributed by atoms with Crippen molar-refractivity contribution in [1.29, 1.82) is 0 Å². The average molecular weight is 358 g/mol. The van der Waals surface area contributed by atoms with Crippen molar-refractivity contribution in [2.24, 2.45) is 23.5 Å². The second-order valence-electron chi connectivity index (χ2n) is 8.00. The molecule has 0 saturated heterocycles. The molecule has 0 bridgehead atoms. The van der Waals surface area contributed by atoms with Gasteiger partial charge in [0, 0.05) is 18.0 Å². The molecule has 146 valence electrons. The van der Waals surface area contributed by atoms with Crippen LogP contribution in [0.5, 0.6) is 0 Å². The Morgan fingerprint density at radius 3 is 2.40 bits per heavy atom. The monoisotopic (exact) mass is 358 g/mol. The van der Waals surface area contributed by atoms with Gasteiger partial charge in [0.2, 0.25) is 0 Å². The van der Waals surface area contributed by atoms with Gasteiger partial charge >= 0.3 is 12.1 Å². The first-order valence-electron chi connectivity index (χ1n) is 9.02. The summed E-state index contributed by atoms with van der Waals surface area (Å²) in [4.78, 5) is 24.2. The fourth-order valence-electron chi connectivity index (χ4n) is 3.77. The third-order valence-electron chi connectivity index (χ3n) is 4.78. The molecule has 1 aliphatic carbocycles. The van der Waals surface area contributed by atoms with Crippen LogP contribution in [0, 0.1) is 17.8 Å². The molecule has 0 aliphatic heterocycles. The number of aliphatic hydroxyl groups excluding tert-OH is 1. The number of carbonyl (C=O) groups is 2. The molecule has 0 heterocycles. The Labute approximate surface area is 150 Å². The van der Waals surface area contributed by atoms with Gasteiger partial charge < -0.3 is 25.6 Å². The molecule has 1 saturated carbocycles. The molecule has 7 nitrogen and oxygen atoms in total. The molecule has 5 unspecified atom stereocenters. The van der Waals surface area contributed by atoms with Crippen molar-refractivity contribution in [2.45, 2.75) is 77.7 Å². The fraction of sp³-hybridized carbons (Fsp3) is 0.889. The molecule has 0 aromatic heterocycles. The van der Waals surface area contributed by atoms with Gasteiger partial charge in [0.25, 0.3) is 0 Å². The van der Waals surface area contributed by atoms with Crippen LogP contribution in [0.3, 0.4) is 0 Å². The Morgan fingerprint density at radius 2 is 1.96 bits per heavy atom. The molecule has 1 rings (SSSR count). The van der Waals surface area contributed by atoms with E-state index in [2.05, 4.69) is 5.32 Å². The van der Waals surface area contributed by atoms with Crippen molar-refractivity contribution in [1.82, 2.24) is 5.32 Å². The number of esters is 1. The van der Waals surface area contributed by atoms with E-state index in [9.17, 15) is 14.7 Å². The van der Waals surface area contributed by atoms with Gasteiger partial charge in [-0.3, -0.25) is 4.79 Å². The third-order valence-corrected chi connectivity index (χ3v) is 4.78. The van der Waals surface area contributed by atoms with E-state index in [0.717, 1.165) is 12.8 Å². The minimum Gasteiger partial charge on any atom is -0.469 e. The number of methoxy groups -OCH3 is 1. The normalized spacial score (nSPS) is 29.0. The number of nitrogens with one attached hydrogen (secondary N) is 1. The van der Waals surface area contributed by atoms with Crippen molar-refractivity contribution in [2.75, 3.05) is 7.11 Å². The van der Waals surface area contributed by atoms with E-state index < -0.39 is 35.7 Å². The van der Waals surface area contributed by atoms with Gasteiger partial charge in [-0.2, -0.15) is 0 Å². The lowest BCUT2D eigenvalue weighted by molar-refractivity contribution is -0.149. The van der Waals surface area contributed by atoms with Crippen molar-refractivity contribution >= 4 is 12.1 Å². The van der Waals surface area contributed by atoms with Crippen LogP contribution in [-0.4, -0.2) is 48.1 Å². The van der Waals surface area contributed by atoms with Crippen LogP contribution in [0.15, 0.2) is 0 Å². The van der Waals surface area contributed by atoms with Crippen LogP contribution in [0.4, 0.5) is 4.79 Å². The summed E-state index contributed by atoms with van der Waals surface area (Å²) < 4.78 is 10.1. The highest BCUT2D eigenvalue weighted by Gasteiger charge is 2.50. The lowest BCUT2D eigenvalue weighted by atomic mass is 9.79. The lowest BCUT2D eigenvalue weighted by Crippen LogP contribution is -2.48. The third kappa shape index (κ3) is 5.85. The van der Waals surface area contributed by atoms with E-state index in [1.165, 1.54) is 7.11 Å². The van der Waals surface area contributed by atoms with Gasteiger partial charge in [-0.25, -0.2) is 4.79 Å². The topological polar surface area (TPSA) is 111 Å². The summed E-state index contributed by atoms with van der Waals surface area (Å²) in [5.74, 6) is -1.48. The van der Waals surface area contributed by atoms with E-state index in [0.29, 0.717) is 6.42 Å². The van der Waals surface area contributed by atoms with Gasteiger partial charge in [0.1, 0.15) is 5.60 Å². The number of carbonyl (C=O) groups excluding carboxylic acids is 2. The summed E-state index contributed by atoms with van der Waals surface area (Å²) in [6.07, 6.45) is 0.553. The molecule has 0 radical (unpaired) electrons. The molecule has 4 N–H and O–H groups in total. The fourth-order valence-corrected chi connectivity index (χ4v) is 3.77. The first kappa shape index (κ1) is 21.7. The van der Waals surface area contributed by atoms with Crippen LogP contribution in [0.2, 0.25) is 0 Å². The first-order chi connectivity index (χ1) is 11.5. The summed E-state index contributed by atoms with van der Waals surface area (Å²) in [5, 5.41) is 13.6. The SMILES string of the molecule is CCCC(C(C)N)C1C(NC(=O)OC(C)(C)C)C[C@H](C(=O)OC)C1O. The van der Waals surface area contributed by atoms with Gasteiger partial charge in [-0.05, 0) is 46.5 Å². The molecule has 0 aromatic carbocycles. The number of rotatable bonds is 6. The average Bonchev–Trinajstić information content (AvgIpc) is 2.78. The minimum absolute atomic E-state index is 0.0189. The Morgan fingerprint density at radius 1 is 1.36 bits per heavy atom. The highest BCUT2D eigenvalue weighted by Crippen LogP contribution is 2.40. The van der Waals surface area contributed by atoms with E-state index >= 15 is 0 Å². The predicted molar refractivity (Wildman–Crippen MR) is 94.8 cm³/mol. The highest BCUT2D eigenvalue weighted by molar-refractivity contribution is 5.74. The number of hydrogen-bond acceptors (Lipinski definition) is 6. The number of alkyl carbamates (subject to hydrolysis) is 1. The summed E-state index contributed by atoms with van der Waals surface area (Å²) in [7, 11) is 1.30. The molecular formula is C18H34N2O5. The van der Waals surface area contributed by atoms with Crippen LogP contribution in [0.25, 0.3) is 0 Å². The highest BCUT2D eigenvalue weighted by atomic mass is 16.6. The Hall–Kier alpha value is -1.34. The second kappa shape index (κ2) is 8.85. The summed E-state index contributed by atoms with van der Waals surface area (Å²) in [6, 6.07) is -0.560. The zero-order chi connectivity index (χ0) is 19.4. The summed E-state index contributed by atoms with van der Waals surface area (Å²) >= 11 is 0. The van der Waals surface area contributed by atoms with E-state index in [4.69, 9.17) is 15.2 Å². The van der Waals surface area contributed by atoms with Gasteiger partial charge in [0.15, 0.2) is 0 Å². The van der Waals surface area contributed by atoms with E-state index in [1.54, 1.807) is 20.8 Å². The molecule has 1 fully saturated rings. The molecule has 0 aromatic rings. The van der Waals surface area contributed by atoms with Gasteiger partial charge in [0.05, 0.1) is 19.1 Å². The Kier molecular flexibility index (Phi) is 7.68. The van der Waals surface area contributed by atoms with Crippen LogP contribution < -0.4 is 11.1 Å². The summed E-state index contributed by atoms with van der Waals surface area (Å²) in [6.45, 7) is 9.29. The summed E-state index contributed by atoms with van der Waals surface area (Å²) in [5.41, 5.74) is 5.52. The molecule has 1 amide bonds. The van der Waals surface area contributed by atoms with E-state index in [-0.39, 0.29) is 17.9 Å². The zero-order valence-corrected chi connectivity index (χ0v) is 16.2. The zero-order valence-electron chi connectivity index (χ0n) is 16.2. The Bertz CT molecular complexity index is 461. The quantitative estimate of drug-likeness (QED) is 0.625. The Balaban J connectivity index is 3.03. The standard InChI is InChI=1S/C18H34N2O5/c1-7-8-11(10(2)19)14-13(20-17(23)25-18(3,4)5)9-12(15(14)21)16(22)24-6/h10-15,21H,7-9,19H2,1-6H3,(H,20,23)/t10?,11?,12-,13?,14?,15?/m0/s1. The molecular weight excluding hydrogens is 324 g/mol. The molecule has 25 heavy (non-hydrogen) atoms. The number of aliphatic hydroxyl groups is 1. The van der Waals surface area contributed by atoms with Crippen molar-refractivity contribution < 1.29 is 24.2 Å². The largest absolute Gasteiger partial charge is 0.469 e. The van der Waals surface area contributed by atoms with Crippen molar-refractivity contribution in [3.8, 4) is 0 Å². The van der Waals surface area contributed by atoms with Crippen molar-refractivity contribution in [3.05, 3.63) is 0 Å². The smallest absolute Gasteiger partial charge is 0.407 e. The molecule has 0 spiro atoms. The first-order valence-corrected chi connectivity index (χ1v) is 9.02. The van der Waals surface area contributed by atoms with E-state index in [1.807, 2.05) is 13.8 Å². The predicted octanol–water partition coefficient (Wildman–Crippen LogP) is 1.81. The maximum atomic E-state index is 12.2. The number of nitrogens with two attached hydrogens (primary N) is 1. The van der Waals surface area contributed by atoms with Crippen LogP contribution in [0.1, 0.15) is 53.9 Å². The number of amides is 1.